The average Bonchev–Trinajstić information content (AvgIpc) is 3.39. The summed E-state index contributed by atoms with van der Waals surface area (Å²) < 4.78 is 11.8. The molecule has 0 saturated carbocycles. The molecule has 2 aliphatic heterocycles. The molecule has 3 aromatic rings. The highest BCUT2D eigenvalue weighted by atomic mass is 32.1. The molecule has 1 saturated heterocycles. The predicted molar refractivity (Wildman–Crippen MR) is 129 cm³/mol. The van der Waals surface area contributed by atoms with Crippen LogP contribution in [0.4, 0.5) is 5.13 Å². The summed E-state index contributed by atoms with van der Waals surface area (Å²) in [6, 6.07) is 4.66. The fraction of sp³-hybridized carbons (Fsp3) is 0.500. The SMILES string of the molecule is COc1cc2c(cc1-c1cn[nH]c1)COc1nc(N(C)C3CC(C)(C)NC(C)(C)C3)sc1-2. The van der Waals surface area contributed by atoms with Gasteiger partial charge in [-0.3, -0.25) is 5.10 Å². The van der Waals surface area contributed by atoms with Gasteiger partial charge in [-0.2, -0.15) is 10.1 Å². The lowest BCUT2D eigenvalue weighted by Crippen LogP contribution is -2.61. The van der Waals surface area contributed by atoms with Crippen LogP contribution in [0.5, 0.6) is 11.6 Å². The number of hydrogen-bond donors (Lipinski definition) is 2. The number of nitrogens with zero attached hydrogens (tertiary/aromatic N) is 3. The van der Waals surface area contributed by atoms with Crippen molar-refractivity contribution in [1.82, 2.24) is 20.5 Å². The van der Waals surface area contributed by atoms with Crippen LogP contribution in [0.1, 0.15) is 46.1 Å². The van der Waals surface area contributed by atoms with Crippen LogP contribution in [0.2, 0.25) is 0 Å². The predicted octanol–water partition coefficient (Wildman–Crippen LogP) is 4.85. The molecule has 2 aliphatic rings. The molecule has 0 spiro atoms. The lowest BCUT2D eigenvalue weighted by Gasteiger charge is -2.48. The van der Waals surface area contributed by atoms with Gasteiger partial charge in [0.1, 0.15) is 17.2 Å². The zero-order valence-corrected chi connectivity index (χ0v) is 20.4. The van der Waals surface area contributed by atoms with E-state index < -0.39 is 0 Å². The second-order valence-electron chi connectivity index (χ2n) is 10.2. The van der Waals surface area contributed by atoms with Crippen molar-refractivity contribution in [2.45, 2.75) is 64.3 Å². The van der Waals surface area contributed by atoms with Crippen LogP contribution in [0.3, 0.4) is 0 Å². The van der Waals surface area contributed by atoms with Gasteiger partial charge in [0.2, 0.25) is 5.88 Å². The minimum Gasteiger partial charge on any atom is -0.496 e. The lowest BCUT2D eigenvalue weighted by molar-refractivity contribution is 0.161. The van der Waals surface area contributed by atoms with Crippen LogP contribution in [-0.2, 0) is 6.61 Å². The van der Waals surface area contributed by atoms with E-state index in [4.69, 9.17) is 14.5 Å². The van der Waals surface area contributed by atoms with Crippen LogP contribution >= 0.6 is 11.3 Å². The molecule has 0 amide bonds. The summed E-state index contributed by atoms with van der Waals surface area (Å²) >= 11 is 1.70. The number of methoxy groups -OCH3 is 1. The largest absolute Gasteiger partial charge is 0.496 e. The van der Waals surface area contributed by atoms with E-state index in [1.807, 2.05) is 6.20 Å². The van der Waals surface area contributed by atoms with Crippen molar-refractivity contribution in [2.75, 3.05) is 19.1 Å². The molecule has 0 radical (unpaired) electrons. The third-order valence-corrected chi connectivity index (χ3v) is 7.61. The van der Waals surface area contributed by atoms with E-state index in [0.717, 1.165) is 56.7 Å². The summed E-state index contributed by atoms with van der Waals surface area (Å²) in [4.78, 5) is 8.30. The van der Waals surface area contributed by atoms with Gasteiger partial charge in [-0.25, -0.2) is 0 Å². The van der Waals surface area contributed by atoms with Gasteiger partial charge < -0.3 is 19.7 Å². The van der Waals surface area contributed by atoms with Gasteiger partial charge >= 0.3 is 0 Å². The monoisotopic (exact) mass is 453 g/mol. The quantitative estimate of drug-likeness (QED) is 0.588. The molecule has 32 heavy (non-hydrogen) atoms. The number of anilines is 1. The molecule has 2 N–H and O–H groups in total. The van der Waals surface area contributed by atoms with Crippen molar-refractivity contribution in [3.63, 3.8) is 0 Å². The maximum absolute atomic E-state index is 6.09. The highest BCUT2D eigenvalue weighted by Gasteiger charge is 2.40. The molecule has 4 heterocycles. The molecular weight excluding hydrogens is 422 g/mol. The van der Waals surface area contributed by atoms with Crippen molar-refractivity contribution in [3.05, 3.63) is 30.1 Å². The first-order valence-corrected chi connectivity index (χ1v) is 11.8. The van der Waals surface area contributed by atoms with E-state index in [9.17, 15) is 0 Å². The van der Waals surface area contributed by atoms with Crippen LogP contribution < -0.4 is 19.7 Å². The Labute approximate surface area is 193 Å². The summed E-state index contributed by atoms with van der Waals surface area (Å²) in [5.41, 5.74) is 4.44. The van der Waals surface area contributed by atoms with E-state index in [1.165, 1.54) is 0 Å². The summed E-state index contributed by atoms with van der Waals surface area (Å²) in [5.74, 6) is 1.54. The molecule has 0 unspecified atom stereocenters. The third-order valence-electron chi connectivity index (χ3n) is 6.45. The Morgan fingerprint density at radius 1 is 1.16 bits per heavy atom. The number of piperidine rings is 1. The number of hydrogen-bond acceptors (Lipinski definition) is 7. The first-order chi connectivity index (χ1) is 15.2. The van der Waals surface area contributed by atoms with E-state index in [-0.39, 0.29) is 11.1 Å². The van der Waals surface area contributed by atoms with E-state index in [2.05, 4.69) is 67.3 Å². The van der Waals surface area contributed by atoms with Crippen molar-refractivity contribution < 1.29 is 9.47 Å². The maximum Gasteiger partial charge on any atom is 0.234 e. The van der Waals surface area contributed by atoms with E-state index in [0.29, 0.717) is 12.6 Å². The normalized spacial score (nSPS) is 19.1. The maximum atomic E-state index is 6.09. The Morgan fingerprint density at radius 2 is 1.91 bits per heavy atom. The van der Waals surface area contributed by atoms with E-state index >= 15 is 0 Å². The molecule has 2 aromatic heterocycles. The smallest absolute Gasteiger partial charge is 0.234 e. The number of ether oxygens (including phenoxy) is 2. The minimum absolute atomic E-state index is 0.0809. The second kappa shape index (κ2) is 7.49. The Bertz CT molecular complexity index is 1120. The Morgan fingerprint density at radius 3 is 2.56 bits per heavy atom. The van der Waals surface area contributed by atoms with Crippen LogP contribution in [0, 0.1) is 0 Å². The molecule has 8 heteroatoms. The standard InChI is InChI=1S/C24H31N5O2S/c1-23(2)9-16(10-24(3,4)28-23)29(5)22-27-21-20(32-22)18-8-19(30-6)17(7-14(18)13-31-21)15-11-25-26-12-15/h7-8,11-12,16,28H,9-10,13H2,1-6H3,(H,25,26). The summed E-state index contributed by atoms with van der Waals surface area (Å²) in [5, 5.41) is 11.7. The number of fused-ring (bicyclic) bond motifs is 3. The third kappa shape index (κ3) is 3.75. The first kappa shape index (κ1) is 21.3. The van der Waals surface area contributed by atoms with Crippen molar-refractivity contribution in [1.29, 1.82) is 0 Å². The average molecular weight is 454 g/mol. The molecule has 1 fully saturated rings. The Hall–Kier alpha value is -2.58. The fourth-order valence-corrected chi connectivity index (χ4v) is 6.40. The molecule has 0 atom stereocenters. The summed E-state index contributed by atoms with van der Waals surface area (Å²) in [6.45, 7) is 9.63. The molecule has 7 nitrogen and oxygen atoms in total. The number of benzene rings is 1. The van der Waals surface area contributed by atoms with Crippen LogP contribution in [0.25, 0.3) is 21.6 Å². The molecular formula is C24H31N5O2S. The van der Waals surface area contributed by atoms with Crippen molar-refractivity contribution in [2.24, 2.45) is 0 Å². The van der Waals surface area contributed by atoms with Gasteiger partial charge in [0, 0.05) is 47.1 Å². The van der Waals surface area contributed by atoms with Gasteiger partial charge in [-0.05, 0) is 58.2 Å². The first-order valence-electron chi connectivity index (χ1n) is 11.0. The summed E-state index contributed by atoms with van der Waals surface area (Å²) in [7, 11) is 3.87. The molecule has 1 aromatic carbocycles. The highest BCUT2D eigenvalue weighted by molar-refractivity contribution is 7.19. The number of aromatic amines is 1. The number of H-pyrrole nitrogens is 1. The van der Waals surface area contributed by atoms with Gasteiger partial charge in [-0.1, -0.05) is 11.3 Å². The van der Waals surface area contributed by atoms with Crippen LogP contribution in [-0.4, -0.2) is 46.5 Å². The van der Waals surface area contributed by atoms with Gasteiger partial charge in [-0.15, -0.1) is 0 Å². The molecule has 0 aliphatic carbocycles. The van der Waals surface area contributed by atoms with Gasteiger partial charge in [0.05, 0.1) is 13.3 Å². The molecule has 170 valence electrons. The van der Waals surface area contributed by atoms with Crippen molar-refractivity contribution >= 4 is 16.5 Å². The second-order valence-corrected chi connectivity index (χ2v) is 11.2. The molecule has 0 bridgehead atoms. The van der Waals surface area contributed by atoms with E-state index in [1.54, 1.807) is 24.6 Å². The lowest BCUT2D eigenvalue weighted by atomic mass is 9.79. The van der Waals surface area contributed by atoms with Crippen molar-refractivity contribution in [3.8, 4) is 33.2 Å². The molecule has 5 rings (SSSR count). The number of aromatic nitrogens is 3. The number of nitrogens with one attached hydrogen (secondary N) is 2. The number of thiazole rings is 1. The Kier molecular flexibility index (Phi) is 4.98. The summed E-state index contributed by atoms with van der Waals surface area (Å²) in [6.07, 6.45) is 5.81. The highest BCUT2D eigenvalue weighted by Crippen LogP contribution is 2.48. The zero-order valence-electron chi connectivity index (χ0n) is 19.6. The fourth-order valence-electron chi connectivity index (χ4n) is 5.31. The number of rotatable bonds is 4. The topological polar surface area (TPSA) is 75.3 Å². The zero-order chi connectivity index (χ0) is 22.7. The van der Waals surface area contributed by atoms with Crippen LogP contribution in [0.15, 0.2) is 24.5 Å². The van der Waals surface area contributed by atoms with Gasteiger partial charge in [0.15, 0.2) is 5.13 Å². The minimum atomic E-state index is 0.0809. The Balaban J connectivity index is 1.50. The van der Waals surface area contributed by atoms with Gasteiger partial charge in [0.25, 0.3) is 0 Å².